The van der Waals surface area contributed by atoms with Crippen LogP contribution in [-0.2, 0) is 0 Å². The number of nitriles is 1. The molecule has 4 rings (SSSR count). The molecule has 0 aliphatic heterocycles. The summed E-state index contributed by atoms with van der Waals surface area (Å²) in [7, 11) is 0. The van der Waals surface area contributed by atoms with Crippen LogP contribution in [-0.4, -0.2) is 9.97 Å². The van der Waals surface area contributed by atoms with Gasteiger partial charge in [-0.05, 0) is 24.1 Å². The van der Waals surface area contributed by atoms with E-state index in [1.54, 1.807) is 0 Å². The summed E-state index contributed by atoms with van der Waals surface area (Å²) in [6.07, 6.45) is 0. The highest BCUT2D eigenvalue weighted by Gasteiger charge is 2.20. The smallest absolute Gasteiger partial charge is 0.139 e. The first-order valence-electron chi connectivity index (χ1n) is 8.72. The molecule has 26 heavy (non-hydrogen) atoms. The molecule has 1 N–H and O–H groups in total. The van der Waals surface area contributed by atoms with Crippen molar-refractivity contribution in [3.8, 4) is 17.3 Å². The topological polar surface area (TPSA) is 52.5 Å². The van der Waals surface area contributed by atoms with E-state index in [2.05, 4.69) is 48.3 Å². The number of hydrogen-bond donors (Lipinski definition) is 1. The summed E-state index contributed by atoms with van der Waals surface area (Å²) >= 11 is 0. The van der Waals surface area contributed by atoms with Crippen LogP contribution >= 0.6 is 0 Å². The molecule has 0 saturated carbocycles. The van der Waals surface area contributed by atoms with E-state index < -0.39 is 0 Å². The number of pyridine rings is 1. The van der Waals surface area contributed by atoms with Crippen LogP contribution in [0.3, 0.4) is 0 Å². The van der Waals surface area contributed by atoms with Crippen molar-refractivity contribution >= 4 is 11.0 Å². The number of rotatable bonds is 3. The largest absolute Gasteiger partial charge is 0.341 e. The summed E-state index contributed by atoms with van der Waals surface area (Å²) in [4.78, 5) is 8.24. The summed E-state index contributed by atoms with van der Waals surface area (Å²) in [5.74, 6) is 0.0969. The van der Waals surface area contributed by atoms with E-state index in [0.29, 0.717) is 5.56 Å². The molecule has 126 valence electrons. The Bertz CT molecular complexity index is 1100. The minimum atomic E-state index is 0.0969. The Morgan fingerprint density at radius 3 is 2.31 bits per heavy atom. The van der Waals surface area contributed by atoms with Crippen LogP contribution in [0.15, 0.2) is 66.7 Å². The summed E-state index contributed by atoms with van der Waals surface area (Å²) in [6, 6.07) is 24.8. The third-order valence-corrected chi connectivity index (χ3v) is 4.90. The van der Waals surface area contributed by atoms with E-state index in [4.69, 9.17) is 4.98 Å². The van der Waals surface area contributed by atoms with E-state index >= 15 is 0 Å². The quantitative estimate of drug-likeness (QED) is 0.532. The first kappa shape index (κ1) is 16.1. The first-order valence-corrected chi connectivity index (χ1v) is 8.72. The summed E-state index contributed by atoms with van der Waals surface area (Å²) < 4.78 is 0. The van der Waals surface area contributed by atoms with Gasteiger partial charge < -0.3 is 4.98 Å². The predicted octanol–water partition coefficient (Wildman–Crippen LogP) is 5.56. The average Bonchev–Trinajstić information content (AvgIpc) is 3.08. The molecular formula is C23H19N3. The maximum Gasteiger partial charge on any atom is 0.139 e. The lowest BCUT2D eigenvalue weighted by Crippen LogP contribution is -1.98. The van der Waals surface area contributed by atoms with Crippen molar-refractivity contribution in [1.82, 2.24) is 9.97 Å². The molecule has 2 heterocycles. The third kappa shape index (κ3) is 2.66. The fraction of sp³-hybridized carbons (Fsp3) is 0.130. The van der Waals surface area contributed by atoms with Gasteiger partial charge in [-0.25, -0.2) is 4.98 Å². The van der Waals surface area contributed by atoms with E-state index in [1.165, 1.54) is 5.56 Å². The van der Waals surface area contributed by atoms with Gasteiger partial charge in [-0.1, -0.05) is 67.6 Å². The van der Waals surface area contributed by atoms with Gasteiger partial charge in [0.05, 0.1) is 11.3 Å². The van der Waals surface area contributed by atoms with Gasteiger partial charge in [0.2, 0.25) is 0 Å². The number of aryl methyl sites for hydroxylation is 1. The monoisotopic (exact) mass is 337 g/mol. The molecule has 0 aliphatic rings. The van der Waals surface area contributed by atoms with Crippen molar-refractivity contribution in [3.05, 3.63) is 89.1 Å². The number of hydrogen-bond acceptors (Lipinski definition) is 2. The van der Waals surface area contributed by atoms with Crippen LogP contribution in [0.25, 0.3) is 22.3 Å². The molecule has 0 bridgehead atoms. The zero-order chi connectivity index (χ0) is 18.1. The summed E-state index contributed by atoms with van der Waals surface area (Å²) in [6.45, 7) is 4.16. The molecule has 0 radical (unpaired) electrons. The Labute approximate surface area is 153 Å². The minimum Gasteiger partial charge on any atom is -0.341 e. The molecule has 2 aromatic carbocycles. The number of H-pyrrole nitrogens is 1. The Kier molecular flexibility index (Phi) is 4.02. The van der Waals surface area contributed by atoms with Crippen LogP contribution in [0.5, 0.6) is 0 Å². The second-order valence-corrected chi connectivity index (χ2v) is 6.57. The van der Waals surface area contributed by atoms with Gasteiger partial charge in [-0.3, -0.25) is 0 Å². The maximum absolute atomic E-state index is 9.81. The van der Waals surface area contributed by atoms with Crippen molar-refractivity contribution < 1.29 is 0 Å². The zero-order valence-electron chi connectivity index (χ0n) is 14.8. The Morgan fingerprint density at radius 1 is 1.00 bits per heavy atom. The van der Waals surface area contributed by atoms with Crippen molar-refractivity contribution in [3.63, 3.8) is 0 Å². The third-order valence-electron chi connectivity index (χ3n) is 4.90. The summed E-state index contributed by atoms with van der Waals surface area (Å²) in [5, 5.41) is 10.7. The lowest BCUT2D eigenvalue weighted by Gasteiger charge is -2.10. The SMILES string of the molecule is Cc1cc(-c2ccccc2)nc2[nH]c(C(C)c3ccccc3)c(C#N)c12. The Balaban J connectivity index is 1.91. The molecule has 0 fully saturated rings. The van der Waals surface area contributed by atoms with Gasteiger partial charge in [-0.2, -0.15) is 5.26 Å². The van der Waals surface area contributed by atoms with Crippen LogP contribution < -0.4 is 0 Å². The molecule has 0 amide bonds. The standard InChI is InChI=1S/C23H19N3/c1-15-13-20(18-11-7-4-8-12-18)25-23-21(15)19(14-24)22(26-23)16(2)17-9-5-3-6-10-17/h3-13,16H,1-2H3,(H,25,26). The molecule has 1 atom stereocenters. The van der Waals surface area contributed by atoms with Crippen molar-refractivity contribution in [2.45, 2.75) is 19.8 Å². The minimum absolute atomic E-state index is 0.0969. The number of fused-ring (bicyclic) bond motifs is 1. The van der Waals surface area contributed by atoms with Gasteiger partial charge in [0, 0.05) is 22.6 Å². The number of benzene rings is 2. The lowest BCUT2D eigenvalue weighted by atomic mass is 9.94. The molecule has 3 heteroatoms. The molecule has 4 aromatic rings. The van der Waals surface area contributed by atoms with Crippen LogP contribution in [0.2, 0.25) is 0 Å². The molecule has 0 aliphatic carbocycles. The van der Waals surface area contributed by atoms with Gasteiger partial charge >= 0.3 is 0 Å². The molecule has 0 spiro atoms. The first-order chi connectivity index (χ1) is 12.7. The van der Waals surface area contributed by atoms with Gasteiger partial charge in [-0.15, -0.1) is 0 Å². The number of nitrogens with zero attached hydrogens (tertiary/aromatic N) is 2. The van der Waals surface area contributed by atoms with Gasteiger partial charge in [0.15, 0.2) is 0 Å². The lowest BCUT2D eigenvalue weighted by molar-refractivity contribution is 0.882. The molecule has 2 aromatic heterocycles. The highest BCUT2D eigenvalue weighted by Crippen LogP contribution is 2.33. The second kappa shape index (κ2) is 6.50. The fourth-order valence-corrected chi connectivity index (χ4v) is 3.51. The molecule has 1 unspecified atom stereocenters. The predicted molar refractivity (Wildman–Crippen MR) is 105 cm³/mol. The molecule has 0 saturated heterocycles. The van der Waals surface area contributed by atoms with Crippen LogP contribution in [0, 0.1) is 18.3 Å². The van der Waals surface area contributed by atoms with Crippen molar-refractivity contribution in [2.75, 3.05) is 0 Å². The van der Waals surface area contributed by atoms with Gasteiger partial charge in [0.25, 0.3) is 0 Å². The number of nitrogens with one attached hydrogen (secondary N) is 1. The summed E-state index contributed by atoms with van der Waals surface area (Å²) in [5.41, 5.74) is 6.63. The number of aromatic amines is 1. The van der Waals surface area contributed by atoms with Crippen molar-refractivity contribution in [1.29, 1.82) is 5.26 Å². The maximum atomic E-state index is 9.81. The molecule has 3 nitrogen and oxygen atoms in total. The normalized spacial score (nSPS) is 12.0. The van der Waals surface area contributed by atoms with E-state index in [-0.39, 0.29) is 5.92 Å². The van der Waals surface area contributed by atoms with E-state index in [0.717, 1.165) is 33.5 Å². The van der Waals surface area contributed by atoms with Gasteiger partial charge in [0.1, 0.15) is 11.7 Å². The van der Waals surface area contributed by atoms with Crippen molar-refractivity contribution in [2.24, 2.45) is 0 Å². The Morgan fingerprint density at radius 2 is 1.65 bits per heavy atom. The van der Waals surface area contributed by atoms with Crippen LogP contribution in [0.4, 0.5) is 0 Å². The Hall–Kier alpha value is -3.38. The second-order valence-electron chi connectivity index (χ2n) is 6.57. The average molecular weight is 337 g/mol. The van der Waals surface area contributed by atoms with E-state index in [1.807, 2.05) is 43.3 Å². The fourth-order valence-electron chi connectivity index (χ4n) is 3.51. The number of aromatic nitrogens is 2. The van der Waals surface area contributed by atoms with E-state index in [9.17, 15) is 5.26 Å². The highest BCUT2D eigenvalue weighted by atomic mass is 14.9. The van der Waals surface area contributed by atoms with Crippen LogP contribution in [0.1, 0.15) is 35.2 Å². The zero-order valence-corrected chi connectivity index (χ0v) is 14.8. The highest BCUT2D eigenvalue weighted by molar-refractivity contribution is 5.90. The molecular weight excluding hydrogens is 318 g/mol.